The normalized spacial score (nSPS) is 18.0. The number of carbonyl (C=O) groups is 3. The molecule has 0 radical (unpaired) electrons. The zero-order chi connectivity index (χ0) is 30.1. The first-order valence-electron chi connectivity index (χ1n) is 11.9. The average Bonchev–Trinajstić information content (AvgIpc) is 3.17. The molecule has 2 aromatic rings. The van der Waals surface area contributed by atoms with E-state index in [1.165, 1.54) is 29.2 Å². The van der Waals surface area contributed by atoms with Gasteiger partial charge in [0.15, 0.2) is 4.32 Å². The van der Waals surface area contributed by atoms with E-state index in [4.69, 9.17) is 17.3 Å². The number of piperidine rings is 1. The van der Waals surface area contributed by atoms with Gasteiger partial charge >= 0.3 is 18.3 Å². The lowest BCUT2D eigenvalue weighted by molar-refractivity contribution is -0.145. The van der Waals surface area contributed by atoms with Gasteiger partial charge in [-0.2, -0.15) is 26.3 Å². The summed E-state index contributed by atoms with van der Waals surface area (Å²) in [4.78, 5) is 42.2. The number of carbonyl (C=O) groups excluding carboxylic acids is 2. The Bertz CT molecular complexity index is 1390. The van der Waals surface area contributed by atoms with Gasteiger partial charge < -0.3 is 10.0 Å². The molecule has 4 rings (SSSR count). The molecule has 218 valence electrons. The summed E-state index contributed by atoms with van der Waals surface area (Å²) in [7, 11) is 0. The second-order valence-electron chi connectivity index (χ2n) is 9.09. The van der Waals surface area contributed by atoms with Crippen LogP contribution in [0.25, 0.3) is 17.3 Å². The van der Waals surface area contributed by atoms with E-state index >= 15 is 0 Å². The van der Waals surface area contributed by atoms with E-state index < -0.39 is 46.8 Å². The van der Waals surface area contributed by atoms with Crippen molar-refractivity contribution in [2.45, 2.75) is 25.2 Å². The van der Waals surface area contributed by atoms with E-state index in [0.717, 1.165) is 16.8 Å². The number of carboxylic acids is 1. The number of aromatic nitrogens is 1. The van der Waals surface area contributed by atoms with Crippen LogP contribution in [0.15, 0.2) is 41.3 Å². The fourth-order valence-corrected chi connectivity index (χ4v) is 5.37. The number of pyridine rings is 1. The second-order valence-corrected chi connectivity index (χ2v) is 10.8. The number of halogens is 6. The van der Waals surface area contributed by atoms with Crippen LogP contribution in [0.3, 0.4) is 0 Å². The second kappa shape index (κ2) is 11.8. The number of alkyl halides is 6. The van der Waals surface area contributed by atoms with Crippen molar-refractivity contribution in [3.05, 3.63) is 58.1 Å². The van der Waals surface area contributed by atoms with E-state index in [-0.39, 0.29) is 52.2 Å². The molecule has 2 fully saturated rings. The maximum absolute atomic E-state index is 13.3. The third-order valence-corrected chi connectivity index (χ3v) is 7.61. The van der Waals surface area contributed by atoms with E-state index in [1.54, 1.807) is 0 Å². The number of thiocarbonyl (C=S) groups is 1. The number of hydrogen-bond donors (Lipinski definition) is 2. The number of aliphatic carboxylic acids is 1. The molecule has 2 aliphatic rings. The third kappa shape index (κ3) is 7.23. The van der Waals surface area contributed by atoms with Crippen molar-refractivity contribution < 1.29 is 45.8 Å². The molecule has 3 heterocycles. The minimum absolute atomic E-state index is 0.0223. The fraction of sp³-hybridized carbons (Fsp3) is 0.320. The van der Waals surface area contributed by atoms with Crippen LogP contribution < -0.4 is 5.43 Å². The summed E-state index contributed by atoms with van der Waals surface area (Å²) in [6.45, 7) is 0.227. The Labute approximate surface area is 238 Å². The van der Waals surface area contributed by atoms with Gasteiger partial charge in [-0.05, 0) is 49.2 Å². The predicted molar refractivity (Wildman–Crippen MR) is 140 cm³/mol. The van der Waals surface area contributed by atoms with Crippen LogP contribution in [0.5, 0.6) is 0 Å². The van der Waals surface area contributed by atoms with Gasteiger partial charge in [0.05, 0.1) is 39.9 Å². The first kappa shape index (κ1) is 30.5. The number of hydrazine groups is 1. The molecule has 0 aliphatic carbocycles. The predicted octanol–water partition coefficient (Wildman–Crippen LogP) is 4.82. The van der Waals surface area contributed by atoms with Gasteiger partial charge in [0, 0.05) is 18.7 Å². The molecule has 1 aromatic heterocycles. The van der Waals surface area contributed by atoms with Crippen LogP contribution >= 0.6 is 24.0 Å². The number of benzene rings is 1. The Hall–Kier alpha value is -3.50. The summed E-state index contributed by atoms with van der Waals surface area (Å²) >= 11 is 6.06. The summed E-state index contributed by atoms with van der Waals surface area (Å²) in [6, 6.07) is 5.16. The number of likely N-dealkylation sites (tertiary alicyclic amines) is 1. The standard InChI is InChI=1S/C25H20F6N4O4S2/c26-24(27,28)15-8-14(9-16(10-15)25(29,30)31)18-3-1-2-17(33-18)11-19-21(37)35(23(40)41-19)32-12-20(36)34-6-4-13(5-7-34)22(38)39/h1-3,8-11,13,32H,4-7,12H2,(H,38,39)/b19-11-. The Kier molecular flexibility index (Phi) is 8.75. The summed E-state index contributed by atoms with van der Waals surface area (Å²) in [6.07, 6.45) is -8.14. The van der Waals surface area contributed by atoms with Crippen LogP contribution in [0.4, 0.5) is 26.3 Å². The van der Waals surface area contributed by atoms with E-state index in [2.05, 4.69) is 10.4 Å². The van der Waals surface area contributed by atoms with Crippen LogP contribution in [-0.4, -0.2) is 61.7 Å². The Morgan fingerprint density at radius 2 is 1.68 bits per heavy atom. The fourth-order valence-electron chi connectivity index (χ4n) is 4.17. The van der Waals surface area contributed by atoms with Crippen molar-refractivity contribution in [2.24, 2.45) is 5.92 Å². The molecule has 2 N–H and O–H groups in total. The highest BCUT2D eigenvalue weighted by molar-refractivity contribution is 8.26. The maximum atomic E-state index is 13.3. The number of nitrogens with zero attached hydrogens (tertiary/aromatic N) is 3. The minimum atomic E-state index is -5.02. The lowest BCUT2D eigenvalue weighted by atomic mass is 9.97. The van der Waals surface area contributed by atoms with Crippen molar-refractivity contribution in [1.29, 1.82) is 0 Å². The Morgan fingerprint density at radius 3 is 2.24 bits per heavy atom. The van der Waals surface area contributed by atoms with Gasteiger partial charge in [0.25, 0.3) is 5.91 Å². The molecule has 0 saturated carbocycles. The molecule has 0 atom stereocenters. The average molecular weight is 619 g/mol. The maximum Gasteiger partial charge on any atom is 0.416 e. The Morgan fingerprint density at radius 1 is 1.07 bits per heavy atom. The molecular formula is C25H20F6N4O4S2. The highest BCUT2D eigenvalue weighted by atomic mass is 32.2. The summed E-state index contributed by atoms with van der Waals surface area (Å²) in [5.74, 6) is -2.43. The summed E-state index contributed by atoms with van der Waals surface area (Å²) in [5, 5.41) is 10.1. The van der Waals surface area contributed by atoms with Crippen molar-refractivity contribution in [2.75, 3.05) is 19.6 Å². The van der Waals surface area contributed by atoms with Gasteiger partial charge in [0.1, 0.15) is 0 Å². The van der Waals surface area contributed by atoms with Gasteiger partial charge in [-0.1, -0.05) is 30.0 Å². The van der Waals surface area contributed by atoms with Crippen molar-refractivity contribution in [3.63, 3.8) is 0 Å². The largest absolute Gasteiger partial charge is 0.481 e. The molecule has 41 heavy (non-hydrogen) atoms. The number of hydrogen-bond acceptors (Lipinski definition) is 7. The van der Waals surface area contributed by atoms with Crippen molar-refractivity contribution in [3.8, 4) is 11.3 Å². The molecule has 2 amide bonds. The van der Waals surface area contributed by atoms with Crippen LogP contribution in [0, 0.1) is 5.92 Å². The molecule has 0 bridgehead atoms. The van der Waals surface area contributed by atoms with Gasteiger partial charge in [-0.15, -0.1) is 0 Å². The Balaban J connectivity index is 1.48. The molecule has 16 heteroatoms. The molecule has 1 aromatic carbocycles. The molecule has 2 saturated heterocycles. The minimum Gasteiger partial charge on any atom is -0.481 e. The van der Waals surface area contributed by atoms with Crippen LogP contribution in [0.1, 0.15) is 29.7 Å². The van der Waals surface area contributed by atoms with Crippen LogP contribution in [0.2, 0.25) is 0 Å². The lowest BCUT2D eigenvalue weighted by Gasteiger charge is -2.30. The molecular weight excluding hydrogens is 598 g/mol. The van der Waals surface area contributed by atoms with Crippen LogP contribution in [-0.2, 0) is 26.7 Å². The molecule has 2 aliphatic heterocycles. The number of amides is 2. The van der Waals surface area contributed by atoms with E-state index in [9.17, 15) is 40.7 Å². The quantitative estimate of drug-likeness (QED) is 0.270. The first-order chi connectivity index (χ1) is 19.1. The molecule has 0 unspecified atom stereocenters. The third-order valence-electron chi connectivity index (χ3n) is 6.31. The van der Waals surface area contributed by atoms with E-state index in [0.29, 0.717) is 25.0 Å². The monoisotopic (exact) mass is 618 g/mol. The van der Waals surface area contributed by atoms with Crippen molar-refractivity contribution >= 4 is 52.2 Å². The highest BCUT2D eigenvalue weighted by Gasteiger charge is 2.37. The SMILES string of the molecule is O=C(O)C1CCN(C(=O)CNN2C(=O)/C(=C/c3cccc(-c4cc(C(F)(F)F)cc(C(F)(F)F)c4)n3)SC2=S)CC1. The first-order valence-corrected chi connectivity index (χ1v) is 13.1. The number of carboxylic acid groups (broad SMARTS) is 1. The van der Waals surface area contributed by atoms with Gasteiger partial charge in [0.2, 0.25) is 5.91 Å². The highest BCUT2D eigenvalue weighted by Crippen LogP contribution is 2.38. The number of rotatable bonds is 6. The molecule has 8 nitrogen and oxygen atoms in total. The van der Waals surface area contributed by atoms with Crippen molar-refractivity contribution in [1.82, 2.24) is 20.3 Å². The lowest BCUT2D eigenvalue weighted by Crippen LogP contribution is -2.49. The van der Waals surface area contributed by atoms with Gasteiger partial charge in [-0.25, -0.2) is 15.4 Å². The molecule has 0 spiro atoms. The summed E-state index contributed by atoms with van der Waals surface area (Å²) < 4.78 is 79.7. The zero-order valence-electron chi connectivity index (χ0n) is 20.8. The summed E-state index contributed by atoms with van der Waals surface area (Å²) in [5.41, 5.74) is -0.841. The topological polar surface area (TPSA) is 103 Å². The van der Waals surface area contributed by atoms with Gasteiger partial charge in [-0.3, -0.25) is 14.4 Å². The number of thioether (sulfide) groups is 1. The number of nitrogens with one attached hydrogen (secondary N) is 1. The smallest absolute Gasteiger partial charge is 0.416 e. The zero-order valence-corrected chi connectivity index (χ0v) is 22.4. The van der Waals surface area contributed by atoms with E-state index in [1.807, 2.05) is 0 Å².